The minimum absolute atomic E-state index is 0.116. The predicted molar refractivity (Wildman–Crippen MR) is 83.7 cm³/mol. The van der Waals surface area contributed by atoms with Gasteiger partial charge in [-0.25, -0.2) is 9.78 Å². The third kappa shape index (κ3) is 3.53. The zero-order valence-corrected chi connectivity index (χ0v) is 12.7. The molecule has 0 bridgehead atoms. The van der Waals surface area contributed by atoms with Gasteiger partial charge in [-0.3, -0.25) is 10.1 Å². The number of thioether (sulfide) groups is 1. The second-order valence-corrected chi connectivity index (χ2v) is 5.00. The molecule has 1 aromatic heterocycles. The van der Waals surface area contributed by atoms with Crippen LogP contribution in [0.4, 0.5) is 17.2 Å². The Morgan fingerprint density at radius 3 is 2.50 bits per heavy atom. The van der Waals surface area contributed by atoms with Gasteiger partial charge in [0.1, 0.15) is 0 Å². The number of carbonyl (C=O) groups is 1. The summed E-state index contributed by atoms with van der Waals surface area (Å²) in [6, 6.07) is 9.39. The Morgan fingerprint density at radius 2 is 1.95 bits per heavy atom. The number of pyridine rings is 1. The number of nitro groups is 1. The average molecular weight is 319 g/mol. The molecule has 22 heavy (non-hydrogen) atoms. The highest BCUT2D eigenvalue weighted by atomic mass is 32.2. The summed E-state index contributed by atoms with van der Waals surface area (Å²) in [4.78, 5) is 26.1. The van der Waals surface area contributed by atoms with Gasteiger partial charge in [0.05, 0.1) is 22.6 Å². The van der Waals surface area contributed by atoms with Crippen LogP contribution in [0.5, 0.6) is 0 Å². The van der Waals surface area contributed by atoms with Gasteiger partial charge in [0.2, 0.25) is 5.82 Å². The van der Waals surface area contributed by atoms with Crippen LogP contribution in [0.25, 0.3) is 0 Å². The molecule has 1 N–H and O–H groups in total. The number of carbonyl (C=O) groups excluding carboxylic acids is 1. The smallest absolute Gasteiger partial charge is 0.337 e. The van der Waals surface area contributed by atoms with Crippen LogP contribution in [0.15, 0.2) is 41.4 Å². The van der Waals surface area contributed by atoms with Gasteiger partial charge in [-0.2, -0.15) is 0 Å². The Hall–Kier alpha value is -2.61. The second-order valence-electron chi connectivity index (χ2n) is 4.17. The van der Waals surface area contributed by atoms with E-state index >= 15 is 0 Å². The van der Waals surface area contributed by atoms with Gasteiger partial charge in [-0.1, -0.05) is 0 Å². The van der Waals surface area contributed by atoms with Crippen molar-refractivity contribution >= 4 is 34.9 Å². The van der Waals surface area contributed by atoms with E-state index in [2.05, 4.69) is 15.0 Å². The number of hydrogen-bond donors (Lipinski definition) is 1. The Morgan fingerprint density at radius 1 is 1.27 bits per heavy atom. The molecule has 0 saturated heterocycles. The maximum Gasteiger partial charge on any atom is 0.337 e. The molecule has 0 atom stereocenters. The number of aromatic nitrogens is 1. The summed E-state index contributed by atoms with van der Waals surface area (Å²) in [6.45, 7) is 0. The third-order valence-electron chi connectivity index (χ3n) is 2.82. The lowest BCUT2D eigenvalue weighted by Crippen LogP contribution is -2.02. The largest absolute Gasteiger partial charge is 0.465 e. The maximum atomic E-state index is 11.4. The normalized spacial score (nSPS) is 10.1. The molecule has 0 amide bonds. The van der Waals surface area contributed by atoms with E-state index in [1.165, 1.54) is 24.9 Å². The summed E-state index contributed by atoms with van der Waals surface area (Å²) in [6.07, 6.45) is 1.84. The van der Waals surface area contributed by atoms with Crippen LogP contribution >= 0.6 is 11.8 Å². The first-order valence-electron chi connectivity index (χ1n) is 6.20. The summed E-state index contributed by atoms with van der Waals surface area (Å²) in [5.41, 5.74) is 0.865. The third-order valence-corrected chi connectivity index (χ3v) is 3.47. The topological polar surface area (TPSA) is 94.4 Å². The summed E-state index contributed by atoms with van der Waals surface area (Å²) in [5, 5.41) is 14.6. The van der Waals surface area contributed by atoms with Gasteiger partial charge < -0.3 is 10.1 Å². The van der Waals surface area contributed by atoms with Crippen LogP contribution in [-0.2, 0) is 4.74 Å². The number of nitrogens with one attached hydrogen (secondary N) is 1. The molecule has 114 valence electrons. The highest BCUT2D eigenvalue weighted by Crippen LogP contribution is 2.28. The van der Waals surface area contributed by atoms with Crippen LogP contribution in [-0.4, -0.2) is 29.2 Å². The number of methoxy groups -OCH3 is 1. The Labute approximate surface area is 130 Å². The van der Waals surface area contributed by atoms with Gasteiger partial charge in [-0.05, 0) is 36.6 Å². The second kappa shape index (κ2) is 6.90. The lowest BCUT2D eigenvalue weighted by atomic mass is 10.2. The predicted octanol–water partition coefficient (Wildman–Crippen LogP) is 3.24. The molecule has 0 spiro atoms. The van der Waals surface area contributed by atoms with Crippen molar-refractivity contribution in [3.8, 4) is 0 Å². The molecule has 1 heterocycles. The summed E-state index contributed by atoms with van der Waals surface area (Å²) < 4.78 is 4.61. The number of benzene rings is 1. The number of hydrogen-bond acceptors (Lipinski definition) is 7. The van der Waals surface area contributed by atoms with Crippen molar-refractivity contribution in [3.63, 3.8) is 0 Å². The lowest BCUT2D eigenvalue weighted by Gasteiger charge is -2.08. The van der Waals surface area contributed by atoms with Crippen molar-refractivity contribution in [2.24, 2.45) is 0 Å². The van der Waals surface area contributed by atoms with Crippen LogP contribution in [0.2, 0.25) is 0 Å². The van der Waals surface area contributed by atoms with E-state index < -0.39 is 10.9 Å². The zero-order valence-electron chi connectivity index (χ0n) is 11.9. The molecule has 0 aliphatic carbocycles. The Bertz CT molecular complexity index is 704. The first-order valence-corrected chi connectivity index (χ1v) is 7.42. The van der Waals surface area contributed by atoms with E-state index in [4.69, 9.17) is 0 Å². The number of esters is 1. The molecule has 0 saturated carbocycles. The molecule has 0 radical (unpaired) electrons. The molecule has 2 rings (SSSR count). The molecular weight excluding hydrogens is 306 g/mol. The van der Waals surface area contributed by atoms with E-state index in [9.17, 15) is 14.9 Å². The monoisotopic (exact) mass is 319 g/mol. The molecule has 2 aromatic rings. The van der Waals surface area contributed by atoms with Gasteiger partial charge in [-0.15, -0.1) is 11.8 Å². The Balaban J connectivity index is 2.29. The summed E-state index contributed by atoms with van der Waals surface area (Å²) >= 11 is 1.39. The number of rotatable bonds is 5. The zero-order chi connectivity index (χ0) is 16.1. The van der Waals surface area contributed by atoms with E-state index in [0.717, 1.165) is 0 Å². The fraction of sp³-hybridized carbons (Fsp3) is 0.143. The molecule has 8 heteroatoms. The Kier molecular flexibility index (Phi) is 4.95. The van der Waals surface area contributed by atoms with Crippen LogP contribution in [0, 0.1) is 10.1 Å². The van der Waals surface area contributed by atoms with Crippen molar-refractivity contribution in [1.29, 1.82) is 0 Å². The van der Waals surface area contributed by atoms with Gasteiger partial charge in [0, 0.05) is 11.8 Å². The highest BCUT2D eigenvalue weighted by Gasteiger charge is 2.16. The lowest BCUT2D eigenvalue weighted by molar-refractivity contribution is -0.384. The van der Waals surface area contributed by atoms with Crippen LogP contribution < -0.4 is 5.32 Å². The van der Waals surface area contributed by atoms with Gasteiger partial charge in [0.15, 0.2) is 0 Å². The molecular formula is C14H13N3O4S. The van der Waals surface area contributed by atoms with Gasteiger partial charge in [0.25, 0.3) is 0 Å². The minimum atomic E-state index is -0.498. The van der Waals surface area contributed by atoms with Crippen LogP contribution in [0.1, 0.15) is 10.4 Å². The van der Waals surface area contributed by atoms with Crippen molar-refractivity contribution < 1.29 is 14.5 Å². The van der Waals surface area contributed by atoms with Gasteiger partial charge >= 0.3 is 11.7 Å². The number of ether oxygens (including phenoxy) is 1. The maximum absolute atomic E-state index is 11.4. The van der Waals surface area contributed by atoms with Crippen molar-refractivity contribution in [2.45, 2.75) is 5.03 Å². The van der Waals surface area contributed by atoms with E-state index in [1.807, 2.05) is 6.26 Å². The van der Waals surface area contributed by atoms with Crippen molar-refractivity contribution in [2.75, 3.05) is 18.7 Å². The first kappa shape index (κ1) is 15.8. The highest BCUT2D eigenvalue weighted by molar-refractivity contribution is 7.98. The molecule has 0 unspecified atom stereocenters. The standard InChI is InChI=1S/C14H13N3O4S/c1-21-14(18)9-3-5-10(6-4-9)15-13-11(17(19)20)7-8-12(16-13)22-2/h3-8H,1-2H3,(H,15,16). The van der Waals surface area contributed by atoms with E-state index in [1.54, 1.807) is 30.3 Å². The van der Waals surface area contributed by atoms with Crippen molar-refractivity contribution in [3.05, 3.63) is 52.1 Å². The number of anilines is 2. The summed E-state index contributed by atoms with van der Waals surface area (Å²) in [5.74, 6) is -0.289. The van der Waals surface area contributed by atoms with E-state index in [0.29, 0.717) is 16.3 Å². The van der Waals surface area contributed by atoms with Crippen molar-refractivity contribution in [1.82, 2.24) is 4.98 Å². The minimum Gasteiger partial charge on any atom is -0.465 e. The van der Waals surface area contributed by atoms with Crippen LogP contribution in [0.3, 0.4) is 0 Å². The fourth-order valence-electron chi connectivity index (χ4n) is 1.73. The quantitative estimate of drug-likeness (QED) is 0.391. The number of nitrogens with zero attached hydrogens (tertiary/aromatic N) is 2. The first-order chi connectivity index (χ1) is 10.5. The SMILES string of the molecule is COC(=O)c1ccc(Nc2nc(SC)ccc2[N+](=O)[O-])cc1. The molecule has 7 nitrogen and oxygen atoms in total. The average Bonchev–Trinajstić information content (AvgIpc) is 2.54. The fourth-order valence-corrected chi connectivity index (χ4v) is 2.12. The molecule has 1 aromatic carbocycles. The molecule has 0 fully saturated rings. The summed E-state index contributed by atoms with van der Waals surface area (Å²) in [7, 11) is 1.30. The molecule has 0 aliphatic rings. The molecule has 0 aliphatic heterocycles. The van der Waals surface area contributed by atoms with E-state index in [-0.39, 0.29) is 11.5 Å².